The van der Waals surface area contributed by atoms with E-state index in [1.807, 2.05) is 12.1 Å². The summed E-state index contributed by atoms with van der Waals surface area (Å²) < 4.78 is 2.21. The van der Waals surface area contributed by atoms with Crippen molar-refractivity contribution in [1.82, 2.24) is 19.4 Å². The second-order valence-electron chi connectivity index (χ2n) is 12.1. The lowest BCUT2D eigenvalue weighted by atomic mass is 9.93. The minimum atomic E-state index is 0.868. The Morgan fingerprint density at radius 3 is 1.94 bits per heavy atom. The van der Waals surface area contributed by atoms with E-state index in [-0.39, 0.29) is 0 Å². The van der Waals surface area contributed by atoms with Crippen molar-refractivity contribution in [3.05, 3.63) is 158 Å². The number of imidazole rings is 1. The van der Waals surface area contributed by atoms with Gasteiger partial charge in [0.15, 0.2) is 0 Å². The van der Waals surface area contributed by atoms with E-state index in [4.69, 9.17) is 15.0 Å². The van der Waals surface area contributed by atoms with Gasteiger partial charge in [0.05, 0.1) is 33.5 Å². The zero-order valence-electron chi connectivity index (χ0n) is 25.3. The fourth-order valence-corrected chi connectivity index (χ4v) is 7.13. The molecule has 0 amide bonds. The second-order valence-corrected chi connectivity index (χ2v) is 12.1. The molecule has 0 unspecified atom stereocenters. The van der Waals surface area contributed by atoms with Crippen LogP contribution < -0.4 is 0 Å². The average molecular weight is 599 g/mol. The number of nitrogens with zero attached hydrogens (tertiary/aromatic N) is 4. The number of hydrogen-bond acceptors (Lipinski definition) is 3. The molecule has 47 heavy (non-hydrogen) atoms. The molecule has 10 aromatic rings. The van der Waals surface area contributed by atoms with Crippen LogP contribution in [-0.4, -0.2) is 19.4 Å². The molecular formula is C43H26N4. The summed E-state index contributed by atoms with van der Waals surface area (Å²) in [6, 6.07) is 53.3. The monoisotopic (exact) mass is 598 g/mol. The summed E-state index contributed by atoms with van der Waals surface area (Å²) in [6.45, 7) is 0. The second kappa shape index (κ2) is 10.1. The van der Waals surface area contributed by atoms with Crippen molar-refractivity contribution in [3.8, 4) is 33.6 Å². The van der Waals surface area contributed by atoms with Crippen LogP contribution >= 0.6 is 0 Å². The third-order valence-corrected chi connectivity index (χ3v) is 9.36. The zero-order chi connectivity index (χ0) is 30.9. The minimum Gasteiger partial charge on any atom is -0.299 e. The lowest BCUT2D eigenvalue weighted by Crippen LogP contribution is -1.96. The zero-order valence-corrected chi connectivity index (χ0v) is 25.3. The highest BCUT2D eigenvalue weighted by Gasteiger charge is 2.19. The van der Waals surface area contributed by atoms with E-state index in [1.54, 1.807) is 0 Å². The van der Waals surface area contributed by atoms with Gasteiger partial charge in [-0.05, 0) is 57.6 Å². The summed E-state index contributed by atoms with van der Waals surface area (Å²) in [5.74, 6) is 0. The summed E-state index contributed by atoms with van der Waals surface area (Å²) in [4.78, 5) is 15.8. The van der Waals surface area contributed by atoms with Gasteiger partial charge in [-0.25, -0.2) is 15.0 Å². The van der Waals surface area contributed by atoms with Crippen LogP contribution in [0, 0.1) is 0 Å². The first-order valence-electron chi connectivity index (χ1n) is 15.9. The van der Waals surface area contributed by atoms with Gasteiger partial charge in [-0.1, -0.05) is 121 Å². The third-order valence-electron chi connectivity index (χ3n) is 9.36. The van der Waals surface area contributed by atoms with Gasteiger partial charge in [0.1, 0.15) is 5.65 Å². The molecule has 0 bridgehead atoms. The van der Waals surface area contributed by atoms with Crippen molar-refractivity contribution in [1.29, 1.82) is 0 Å². The van der Waals surface area contributed by atoms with E-state index < -0.39 is 0 Å². The molecule has 4 heteroatoms. The highest BCUT2D eigenvalue weighted by molar-refractivity contribution is 6.25. The Morgan fingerprint density at radius 2 is 1.06 bits per heavy atom. The Kier molecular flexibility index (Phi) is 5.54. The first kappa shape index (κ1) is 25.9. The predicted molar refractivity (Wildman–Crippen MR) is 195 cm³/mol. The molecular weight excluding hydrogens is 573 g/mol. The topological polar surface area (TPSA) is 43.1 Å². The van der Waals surface area contributed by atoms with Crippen molar-refractivity contribution in [3.63, 3.8) is 0 Å². The Morgan fingerprint density at radius 1 is 0.383 bits per heavy atom. The highest BCUT2D eigenvalue weighted by atomic mass is 15.0. The molecule has 0 atom stereocenters. The molecule has 10 rings (SSSR count). The molecule has 0 aliphatic heterocycles. The van der Waals surface area contributed by atoms with Gasteiger partial charge in [0, 0.05) is 33.5 Å². The first-order valence-corrected chi connectivity index (χ1v) is 15.9. The van der Waals surface area contributed by atoms with Gasteiger partial charge in [-0.3, -0.25) is 4.40 Å². The maximum absolute atomic E-state index is 5.42. The Balaban J connectivity index is 1.33. The molecule has 0 saturated carbocycles. The van der Waals surface area contributed by atoms with Crippen molar-refractivity contribution in [2.24, 2.45) is 0 Å². The van der Waals surface area contributed by atoms with E-state index in [0.717, 1.165) is 77.2 Å². The summed E-state index contributed by atoms with van der Waals surface area (Å²) in [5.41, 5.74) is 11.0. The molecule has 0 radical (unpaired) electrons. The maximum atomic E-state index is 5.42. The van der Waals surface area contributed by atoms with Gasteiger partial charge in [0.25, 0.3) is 0 Å². The largest absolute Gasteiger partial charge is 0.299 e. The van der Waals surface area contributed by atoms with Crippen LogP contribution in [0.2, 0.25) is 0 Å². The van der Waals surface area contributed by atoms with Crippen molar-refractivity contribution >= 4 is 60.0 Å². The van der Waals surface area contributed by atoms with Crippen LogP contribution in [-0.2, 0) is 0 Å². The fourth-order valence-electron chi connectivity index (χ4n) is 7.13. The van der Waals surface area contributed by atoms with E-state index in [2.05, 4.69) is 150 Å². The van der Waals surface area contributed by atoms with Gasteiger partial charge in [-0.15, -0.1) is 0 Å². The Hall–Kier alpha value is -6.39. The van der Waals surface area contributed by atoms with E-state index in [0.29, 0.717) is 0 Å². The lowest BCUT2D eigenvalue weighted by Gasteiger charge is -2.14. The van der Waals surface area contributed by atoms with Crippen LogP contribution in [0.1, 0.15) is 0 Å². The predicted octanol–water partition coefficient (Wildman–Crippen LogP) is 10.9. The lowest BCUT2D eigenvalue weighted by molar-refractivity contribution is 1.23. The van der Waals surface area contributed by atoms with Crippen molar-refractivity contribution in [2.45, 2.75) is 0 Å². The van der Waals surface area contributed by atoms with Crippen LogP contribution in [0.5, 0.6) is 0 Å². The highest BCUT2D eigenvalue weighted by Crippen LogP contribution is 2.41. The number of fused-ring (bicyclic) bond motifs is 11. The maximum Gasteiger partial charge on any atom is 0.137 e. The van der Waals surface area contributed by atoms with E-state index in [9.17, 15) is 0 Å². The van der Waals surface area contributed by atoms with E-state index in [1.165, 1.54) is 16.5 Å². The van der Waals surface area contributed by atoms with Crippen LogP contribution in [0.3, 0.4) is 0 Å². The van der Waals surface area contributed by atoms with Crippen LogP contribution in [0.25, 0.3) is 93.7 Å². The molecule has 3 heterocycles. The molecule has 0 spiro atoms. The van der Waals surface area contributed by atoms with Gasteiger partial charge in [0.2, 0.25) is 0 Å². The first-order chi connectivity index (χ1) is 23.3. The van der Waals surface area contributed by atoms with Gasteiger partial charge < -0.3 is 0 Å². The third kappa shape index (κ3) is 3.98. The molecule has 0 saturated heterocycles. The number of aromatic nitrogens is 4. The normalized spacial score (nSPS) is 11.8. The van der Waals surface area contributed by atoms with Gasteiger partial charge >= 0.3 is 0 Å². The summed E-state index contributed by atoms with van der Waals surface area (Å²) in [7, 11) is 0. The molecule has 0 fully saturated rings. The molecule has 7 aromatic carbocycles. The smallest absolute Gasteiger partial charge is 0.137 e. The molecule has 218 valence electrons. The van der Waals surface area contributed by atoms with Crippen LogP contribution in [0.15, 0.2) is 158 Å². The minimum absolute atomic E-state index is 0.868. The SMILES string of the molecule is c1ccc(-c2ccc3c(c2)c2cc(-c4nc5c(ccc6ccccc65)nc4-c4ccccc4)ccc2c2c3nc3ccccn32)cc1. The molecule has 0 aliphatic carbocycles. The molecule has 4 nitrogen and oxygen atoms in total. The average Bonchev–Trinajstić information content (AvgIpc) is 3.55. The Bertz CT molecular complexity index is 2840. The number of rotatable bonds is 3. The van der Waals surface area contributed by atoms with E-state index >= 15 is 0 Å². The summed E-state index contributed by atoms with van der Waals surface area (Å²) >= 11 is 0. The summed E-state index contributed by atoms with van der Waals surface area (Å²) in [6.07, 6.45) is 2.11. The fraction of sp³-hybridized carbons (Fsp3) is 0. The van der Waals surface area contributed by atoms with Crippen molar-refractivity contribution < 1.29 is 0 Å². The quantitative estimate of drug-likeness (QED) is 0.190. The van der Waals surface area contributed by atoms with Crippen LogP contribution in [0.4, 0.5) is 0 Å². The Labute approximate surface area is 270 Å². The standard InChI is InChI=1S/C43H26N4/c1-3-11-27(12-4-1)30-18-21-33-35(25-30)36-26-31(19-22-34(36)43-42(33)45-38-17-9-10-24-47(38)43)40-39(29-14-5-2-6-15-29)44-37-23-20-28-13-7-8-16-32(28)41(37)46-40/h1-26H. The van der Waals surface area contributed by atoms with Crippen molar-refractivity contribution in [2.75, 3.05) is 0 Å². The molecule has 0 N–H and O–H groups in total. The number of pyridine rings is 1. The molecule has 3 aromatic heterocycles. The molecule has 0 aliphatic rings. The number of benzene rings is 7. The summed E-state index contributed by atoms with van der Waals surface area (Å²) in [5, 5.41) is 6.87. The number of hydrogen-bond donors (Lipinski definition) is 0. The van der Waals surface area contributed by atoms with Gasteiger partial charge in [-0.2, -0.15) is 0 Å².